The molecule has 0 fully saturated rings. The fourth-order valence-corrected chi connectivity index (χ4v) is 2.75. The first-order chi connectivity index (χ1) is 11.2. The predicted molar refractivity (Wildman–Crippen MR) is 83.8 cm³/mol. The third-order valence-corrected chi connectivity index (χ3v) is 3.86. The summed E-state index contributed by atoms with van der Waals surface area (Å²) in [5.41, 5.74) is 3.71. The molecule has 0 N–H and O–H groups in total. The number of carbonyl (C=O) groups is 1. The molecular formula is C17H19N3O3. The van der Waals surface area contributed by atoms with Crippen molar-refractivity contribution in [3.63, 3.8) is 0 Å². The quantitative estimate of drug-likeness (QED) is 0.626. The lowest BCUT2D eigenvalue weighted by Gasteiger charge is -2.29. The summed E-state index contributed by atoms with van der Waals surface area (Å²) in [7, 11) is 0. The largest absolute Gasteiger partial charge is 0.373 e. The van der Waals surface area contributed by atoms with Gasteiger partial charge in [0.05, 0.1) is 13.2 Å². The maximum Gasteiger partial charge on any atom is 0.276 e. The Morgan fingerprint density at radius 1 is 1.52 bits per heavy atom. The van der Waals surface area contributed by atoms with Gasteiger partial charge in [-0.05, 0) is 30.0 Å². The first-order valence-electron chi connectivity index (χ1n) is 7.55. The number of pyridine rings is 1. The van der Waals surface area contributed by atoms with Gasteiger partial charge < -0.3 is 14.2 Å². The number of amides is 1. The number of rotatable bonds is 5. The smallest absolute Gasteiger partial charge is 0.276 e. The molecular weight excluding hydrogens is 294 g/mol. The maximum absolute atomic E-state index is 12.5. The summed E-state index contributed by atoms with van der Waals surface area (Å²) < 4.78 is 10.5. The number of aromatic nitrogens is 2. The zero-order chi connectivity index (χ0) is 16.2. The molecule has 2 aromatic rings. The van der Waals surface area contributed by atoms with Gasteiger partial charge in [-0.3, -0.25) is 9.78 Å². The van der Waals surface area contributed by atoms with Gasteiger partial charge in [0.1, 0.15) is 5.76 Å². The Hall–Kier alpha value is -2.47. The Labute approximate surface area is 134 Å². The molecule has 0 aromatic carbocycles. The highest BCUT2D eigenvalue weighted by atomic mass is 16.5. The number of fused-ring (bicyclic) bond motifs is 1. The molecule has 0 aliphatic carbocycles. The number of nitrogens with zero attached hydrogens (tertiary/aromatic N) is 3. The van der Waals surface area contributed by atoms with Crippen molar-refractivity contribution in [3.05, 3.63) is 59.3 Å². The van der Waals surface area contributed by atoms with Crippen molar-refractivity contribution in [2.45, 2.75) is 26.5 Å². The van der Waals surface area contributed by atoms with Crippen molar-refractivity contribution < 1.29 is 14.1 Å². The second-order valence-corrected chi connectivity index (χ2v) is 5.54. The van der Waals surface area contributed by atoms with Gasteiger partial charge >= 0.3 is 0 Å². The molecule has 0 spiro atoms. The lowest BCUT2D eigenvalue weighted by molar-refractivity contribution is 0.0722. The van der Waals surface area contributed by atoms with Crippen LogP contribution in [0, 0.1) is 6.92 Å². The molecule has 0 atom stereocenters. The molecule has 0 saturated heterocycles. The summed E-state index contributed by atoms with van der Waals surface area (Å²) in [6.07, 6.45) is 6.16. The Morgan fingerprint density at radius 3 is 3.13 bits per heavy atom. The number of hydrogen-bond donors (Lipinski definition) is 0. The van der Waals surface area contributed by atoms with Crippen LogP contribution >= 0.6 is 0 Å². The van der Waals surface area contributed by atoms with Crippen molar-refractivity contribution in [2.24, 2.45) is 0 Å². The van der Waals surface area contributed by atoms with Gasteiger partial charge in [0.2, 0.25) is 0 Å². The fourth-order valence-electron chi connectivity index (χ4n) is 2.75. The van der Waals surface area contributed by atoms with Crippen molar-refractivity contribution in [2.75, 3.05) is 13.2 Å². The number of ether oxygens (including phenoxy) is 1. The first kappa shape index (κ1) is 15.4. The van der Waals surface area contributed by atoms with Crippen molar-refractivity contribution in [3.8, 4) is 0 Å². The Kier molecular flexibility index (Phi) is 4.52. The molecule has 1 amide bonds. The van der Waals surface area contributed by atoms with Crippen LogP contribution < -0.4 is 0 Å². The molecule has 2 aromatic heterocycles. The minimum absolute atomic E-state index is 0.110. The third kappa shape index (κ3) is 3.32. The standard InChI is InChI=1S/C17H19N3O3/c1-3-6-22-11-14-9-18-8-13-10-20(5-4-15(13)14)17(21)16-7-12(2)23-19-16/h3,7-9H,1,4-6,10-11H2,2H3. The van der Waals surface area contributed by atoms with Crippen LogP contribution in [0.2, 0.25) is 0 Å². The van der Waals surface area contributed by atoms with Gasteiger partial charge in [0, 0.05) is 31.5 Å². The van der Waals surface area contributed by atoms with Crippen molar-refractivity contribution in [1.29, 1.82) is 0 Å². The van der Waals surface area contributed by atoms with Crippen molar-refractivity contribution >= 4 is 5.91 Å². The minimum atomic E-state index is -0.110. The predicted octanol–water partition coefficient (Wildman–Crippen LogP) is 2.28. The fraction of sp³-hybridized carbons (Fsp3) is 0.353. The highest BCUT2D eigenvalue weighted by Crippen LogP contribution is 2.23. The molecule has 3 heterocycles. The van der Waals surface area contributed by atoms with Crippen molar-refractivity contribution in [1.82, 2.24) is 15.0 Å². The first-order valence-corrected chi connectivity index (χ1v) is 7.55. The van der Waals surface area contributed by atoms with E-state index in [4.69, 9.17) is 9.26 Å². The van der Waals surface area contributed by atoms with E-state index in [2.05, 4.69) is 16.7 Å². The molecule has 120 valence electrons. The van der Waals surface area contributed by atoms with E-state index in [-0.39, 0.29) is 5.91 Å². The molecule has 1 aliphatic heterocycles. The Morgan fingerprint density at radius 2 is 2.39 bits per heavy atom. The van der Waals surface area contributed by atoms with Crippen LogP contribution in [-0.2, 0) is 24.3 Å². The lowest BCUT2D eigenvalue weighted by Crippen LogP contribution is -2.36. The minimum Gasteiger partial charge on any atom is -0.373 e. The average molecular weight is 313 g/mol. The van der Waals surface area contributed by atoms with Crippen LogP contribution in [-0.4, -0.2) is 34.1 Å². The summed E-state index contributed by atoms with van der Waals surface area (Å²) in [6, 6.07) is 1.66. The van der Waals surface area contributed by atoms with Crippen LogP contribution in [0.15, 0.2) is 35.6 Å². The van der Waals surface area contributed by atoms with E-state index in [1.165, 1.54) is 5.56 Å². The van der Waals surface area contributed by atoms with Gasteiger partial charge in [-0.25, -0.2) is 0 Å². The zero-order valence-electron chi connectivity index (χ0n) is 13.1. The monoisotopic (exact) mass is 313 g/mol. The van der Waals surface area contributed by atoms with E-state index in [0.717, 1.165) is 17.5 Å². The van der Waals surface area contributed by atoms with Gasteiger partial charge in [-0.15, -0.1) is 6.58 Å². The normalized spacial score (nSPS) is 13.7. The van der Waals surface area contributed by atoms with E-state index in [1.54, 1.807) is 24.0 Å². The van der Waals surface area contributed by atoms with Crippen LogP contribution in [0.1, 0.15) is 32.9 Å². The Bertz CT molecular complexity index is 724. The highest BCUT2D eigenvalue weighted by Gasteiger charge is 2.25. The van der Waals surface area contributed by atoms with E-state index < -0.39 is 0 Å². The number of carbonyl (C=O) groups excluding carboxylic acids is 1. The van der Waals surface area contributed by atoms with Gasteiger partial charge in [-0.1, -0.05) is 11.2 Å². The molecule has 6 nitrogen and oxygen atoms in total. The van der Waals surface area contributed by atoms with E-state index in [9.17, 15) is 4.79 Å². The SMILES string of the molecule is C=CCOCc1cncc2c1CCN(C(=O)c1cc(C)on1)C2. The molecule has 6 heteroatoms. The zero-order valence-corrected chi connectivity index (χ0v) is 13.1. The molecule has 0 bridgehead atoms. The van der Waals surface area contributed by atoms with Crippen LogP contribution in [0.4, 0.5) is 0 Å². The second kappa shape index (κ2) is 6.75. The van der Waals surface area contributed by atoms with Gasteiger partial charge in [0.25, 0.3) is 5.91 Å². The topological polar surface area (TPSA) is 68.5 Å². The van der Waals surface area contributed by atoms with Crippen LogP contribution in [0.5, 0.6) is 0 Å². The average Bonchev–Trinajstić information content (AvgIpc) is 3.00. The number of hydrogen-bond acceptors (Lipinski definition) is 5. The summed E-state index contributed by atoms with van der Waals surface area (Å²) in [4.78, 5) is 18.5. The van der Waals surface area contributed by atoms with E-state index in [0.29, 0.717) is 37.8 Å². The van der Waals surface area contributed by atoms with Crippen LogP contribution in [0.3, 0.4) is 0 Å². The molecule has 0 unspecified atom stereocenters. The number of aryl methyl sites for hydroxylation is 1. The third-order valence-electron chi connectivity index (χ3n) is 3.86. The lowest BCUT2D eigenvalue weighted by atomic mass is 9.97. The van der Waals surface area contributed by atoms with Gasteiger partial charge in [-0.2, -0.15) is 0 Å². The molecule has 1 aliphatic rings. The summed E-state index contributed by atoms with van der Waals surface area (Å²) in [6.45, 7) is 7.62. The summed E-state index contributed by atoms with van der Waals surface area (Å²) in [5.74, 6) is 0.523. The molecule has 3 rings (SSSR count). The summed E-state index contributed by atoms with van der Waals surface area (Å²) in [5, 5.41) is 3.80. The van der Waals surface area contributed by atoms with E-state index in [1.807, 2.05) is 12.4 Å². The molecule has 23 heavy (non-hydrogen) atoms. The molecule has 0 radical (unpaired) electrons. The molecule has 0 saturated carbocycles. The maximum atomic E-state index is 12.5. The Balaban J connectivity index is 1.74. The van der Waals surface area contributed by atoms with Gasteiger partial charge in [0.15, 0.2) is 5.69 Å². The highest BCUT2D eigenvalue weighted by molar-refractivity contribution is 5.92. The summed E-state index contributed by atoms with van der Waals surface area (Å²) >= 11 is 0. The van der Waals surface area contributed by atoms with E-state index >= 15 is 0 Å². The second-order valence-electron chi connectivity index (χ2n) is 5.54. The van der Waals surface area contributed by atoms with Crippen LogP contribution in [0.25, 0.3) is 0 Å².